The molecule has 0 unspecified atom stereocenters. The molecule has 3 aromatic rings. The Kier molecular flexibility index (Phi) is 4.81. The zero-order valence-corrected chi connectivity index (χ0v) is 14.2. The van der Waals surface area contributed by atoms with E-state index in [4.69, 9.17) is 16.3 Å². The number of benzene rings is 2. The topological polar surface area (TPSA) is 47.0 Å². The van der Waals surface area contributed by atoms with Crippen molar-refractivity contribution in [3.05, 3.63) is 53.1 Å². The van der Waals surface area contributed by atoms with Gasteiger partial charge in [-0.25, -0.2) is 14.4 Å². The zero-order chi connectivity index (χ0) is 17.1. The van der Waals surface area contributed by atoms with Gasteiger partial charge in [0.25, 0.3) is 0 Å². The second-order valence-corrected chi connectivity index (χ2v) is 5.81. The Hall–Kier alpha value is -2.40. The summed E-state index contributed by atoms with van der Waals surface area (Å²) in [6.45, 7) is 2.11. The molecule has 3 rings (SSSR count). The Bertz CT molecular complexity index is 886. The van der Waals surface area contributed by atoms with Gasteiger partial charge >= 0.3 is 0 Å². The lowest BCUT2D eigenvalue weighted by Crippen LogP contribution is -2.00. The average molecular weight is 346 g/mol. The van der Waals surface area contributed by atoms with E-state index in [1.807, 2.05) is 12.1 Å². The van der Waals surface area contributed by atoms with Crippen LogP contribution in [0, 0.1) is 5.82 Å². The molecule has 0 aliphatic rings. The number of rotatable bonds is 5. The van der Waals surface area contributed by atoms with Gasteiger partial charge in [-0.2, -0.15) is 0 Å². The fourth-order valence-corrected chi connectivity index (χ4v) is 2.82. The number of nitrogens with one attached hydrogen (secondary N) is 1. The molecule has 0 aliphatic carbocycles. The van der Waals surface area contributed by atoms with Crippen LogP contribution in [-0.2, 0) is 6.42 Å². The van der Waals surface area contributed by atoms with E-state index >= 15 is 0 Å². The van der Waals surface area contributed by atoms with E-state index in [1.54, 1.807) is 13.2 Å². The molecule has 0 spiro atoms. The molecular formula is C18H17ClFN3O. The number of ether oxygens (including phenoxy) is 1. The van der Waals surface area contributed by atoms with Crippen molar-refractivity contribution in [1.29, 1.82) is 0 Å². The summed E-state index contributed by atoms with van der Waals surface area (Å²) in [5, 5.41) is 4.20. The minimum absolute atomic E-state index is 0.0637. The molecule has 4 nitrogen and oxygen atoms in total. The van der Waals surface area contributed by atoms with E-state index in [9.17, 15) is 4.39 Å². The van der Waals surface area contributed by atoms with Gasteiger partial charge in [-0.05, 0) is 36.2 Å². The predicted octanol–water partition coefficient (Wildman–Crippen LogP) is 5.13. The predicted molar refractivity (Wildman–Crippen MR) is 94.8 cm³/mol. The van der Waals surface area contributed by atoms with Gasteiger partial charge in [-0.15, -0.1) is 0 Å². The van der Waals surface area contributed by atoms with Crippen LogP contribution >= 0.6 is 11.6 Å². The monoisotopic (exact) mass is 345 g/mol. The minimum atomic E-state index is -0.453. The van der Waals surface area contributed by atoms with Crippen LogP contribution in [0.15, 0.2) is 36.7 Å². The summed E-state index contributed by atoms with van der Waals surface area (Å²) in [5.41, 5.74) is 2.56. The van der Waals surface area contributed by atoms with Crippen molar-refractivity contribution in [2.24, 2.45) is 0 Å². The lowest BCUT2D eigenvalue weighted by atomic mass is 10.0. The van der Waals surface area contributed by atoms with Crippen molar-refractivity contribution in [3.8, 4) is 5.75 Å². The third-order valence-corrected chi connectivity index (χ3v) is 4.02. The number of hydrogen-bond donors (Lipinski definition) is 1. The maximum Gasteiger partial charge on any atom is 0.141 e. The largest absolute Gasteiger partial charge is 0.497 e. The van der Waals surface area contributed by atoms with Crippen LogP contribution in [0.25, 0.3) is 10.9 Å². The molecule has 1 heterocycles. The molecule has 6 heteroatoms. The molecule has 2 aromatic carbocycles. The molecule has 0 saturated carbocycles. The molecule has 0 fully saturated rings. The first-order valence-corrected chi connectivity index (χ1v) is 8.04. The smallest absolute Gasteiger partial charge is 0.141 e. The van der Waals surface area contributed by atoms with E-state index in [1.165, 1.54) is 18.5 Å². The van der Waals surface area contributed by atoms with E-state index in [0.717, 1.165) is 35.1 Å². The van der Waals surface area contributed by atoms with Gasteiger partial charge in [0.05, 0.1) is 17.6 Å². The molecule has 1 aromatic heterocycles. The van der Waals surface area contributed by atoms with Crippen molar-refractivity contribution in [2.75, 3.05) is 12.4 Å². The van der Waals surface area contributed by atoms with Crippen molar-refractivity contribution >= 4 is 34.0 Å². The van der Waals surface area contributed by atoms with E-state index in [2.05, 4.69) is 22.2 Å². The van der Waals surface area contributed by atoms with Crippen LogP contribution in [0.3, 0.4) is 0 Å². The highest BCUT2D eigenvalue weighted by atomic mass is 35.5. The molecule has 0 saturated heterocycles. The first-order valence-electron chi connectivity index (χ1n) is 7.66. The molecule has 124 valence electrons. The van der Waals surface area contributed by atoms with Crippen LogP contribution in [0.4, 0.5) is 15.9 Å². The van der Waals surface area contributed by atoms with Gasteiger partial charge in [0.1, 0.15) is 23.7 Å². The number of halogens is 2. The minimum Gasteiger partial charge on any atom is -0.497 e. The van der Waals surface area contributed by atoms with Crippen molar-refractivity contribution in [2.45, 2.75) is 19.8 Å². The SMILES string of the molecule is CCCc1cc(OC)cc2ncnc(Nc3ccc(F)c(Cl)c3)c12. The van der Waals surface area contributed by atoms with Crippen molar-refractivity contribution in [1.82, 2.24) is 9.97 Å². The lowest BCUT2D eigenvalue weighted by Gasteiger charge is -2.13. The number of aryl methyl sites for hydroxylation is 1. The van der Waals surface area contributed by atoms with Gasteiger partial charge in [-0.3, -0.25) is 0 Å². The first-order chi connectivity index (χ1) is 11.6. The highest BCUT2D eigenvalue weighted by molar-refractivity contribution is 6.31. The third-order valence-electron chi connectivity index (χ3n) is 3.73. The summed E-state index contributed by atoms with van der Waals surface area (Å²) in [7, 11) is 1.64. The maximum absolute atomic E-state index is 13.3. The maximum atomic E-state index is 13.3. The molecular weight excluding hydrogens is 329 g/mol. The molecule has 0 aliphatic heterocycles. The fourth-order valence-electron chi connectivity index (χ4n) is 2.64. The molecule has 0 amide bonds. The number of fused-ring (bicyclic) bond motifs is 1. The molecule has 24 heavy (non-hydrogen) atoms. The van der Waals surface area contributed by atoms with Gasteiger partial charge < -0.3 is 10.1 Å². The summed E-state index contributed by atoms with van der Waals surface area (Å²) >= 11 is 5.85. The van der Waals surface area contributed by atoms with Crippen molar-refractivity contribution in [3.63, 3.8) is 0 Å². The summed E-state index contributed by atoms with van der Waals surface area (Å²) in [4.78, 5) is 8.70. The number of aromatic nitrogens is 2. The van der Waals surface area contributed by atoms with Gasteiger partial charge in [-0.1, -0.05) is 24.9 Å². The number of hydrogen-bond acceptors (Lipinski definition) is 4. The summed E-state index contributed by atoms with van der Waals surface area (Å²) in [6.07, 6.45) is 3.35. The third kappa shape index (κ3) is 3.26. The Morgan fingerprint density at radius 1 is 1.21 bits per heavy atom. The molecule has 0 radical (unpaired) electrons. The first kappa shape index (κ1) is 16.5. The Labute approximate surface area is 144 Å². The van der Waals surface area contributed by atoms with Gasteiger partial charge in [0.15, 0.2) is 0 Å². The second-order valence-electron chi connectivity index (χ2n) is 5.41. The summed E-state index contributed by atoms with van der Waals surface area (Å²) in [5.74, 6) is 0.973. The van der Waals surface area contributed by atoms with Crippen LogP contribution in [0.2, 0.25) is 5.02 Å². The standard InChI is InChI=1S/C18H17ClFN3O/c1-3-4-11-7-13(24-2)9-16-17(11)18(22-10-21-16)23-12-5-6-15(20)14(19)8-12/h5-10H,3-4H2,1-2H3,(H,21,22,23). The number of nitrogens with zero attached hydrogens (tertiary/aromatic N) is 2. The molecule has 1 N–H and O–H groups in total. The average Bonchev–Trinajstić information content (AvgIpc) is 2.58. The second kappa shape index (κ2) is 7.01. The Morgan fingerprint density at radius 2 is 2.04 bits per heavy atom. The van der Waals surface area contributed by atoms with E-state index in [0.29, 0.717) is 11.5 Å². The normalized spacial score (nSPS) is 10.8. The highest BCUT2D eigenvalue weighted by Gasteiger charge is 2.12. The van der Waals surface area contributed by atoms with Crippen LogP contribution in [0.5, 0.6) is 5.75 Å². The van der Waals surface area contributed by atoms with E-state index in [-0.39, 0.29) is 5.02 Å². The zero-order valence-electron chi connectivity index (χ0n) is 13.4. The van der Waals surface area contributed by atoms with E-state index < -0.39 is 5.82 Å². The Balaban J connectivity index is 2.11. The number of methoxy groups -OCH3 is 1. The van der Waals surface area contributed by atoms with Crippen LogP contribution in [-0.4, -0.2) is 17.1 Å². The Morgan fingerprint density at radius 3 is 2.75 bits per heavy atom. The molecule has 0 bridgehead atoms. The van der Waals surface area contributed by atoms with Crippen molar-refractivity contribution < 1.29 is 9.13 Å². The quantitative estimate of drug-likeness (QED) is 0.696. The summed E-state index contributed by atoms with van der Waals surface area (Å²) < 4.78 is 18.7. The van der Waals surface area contributed by atoms with Gasteiger partial charge in [0.2, 0.25) is 0 Å². The highest BCUT2D eigenvalue weighted by Crippen LogP contribution is 2.31. The summed E-state index contributed by atoms with van der Waals surface area (Å²) in [6, 6.07) is 8.35. The van der Waals surface area contributed by atoms with Crippen LogP contribution < -0.4 is 10.1 Å². The molecule has 0 atom stereocenters. The van der Waals surface area contributed by atoms with Crippen LogP contribution in [0.1, 0.15) is 18.9 Å². The fraction of sp³-hybridized carbons (Fsp3) is 0.222. The van der Waals surface area contributed by atoms with Gasteiger partial charge in [0, 0.05) is 17.1 Å². The lowest BCUT2D eigenvalue weighted by molar-refractivity contribution is 0.415. The number of anilines is 2.